The highest BCUT2D eigenvalue weighted by Crippen LogP contribution is 2.43. The first-order chi connectivity index (χ1) is 20.0. The molecule has 8 heteroatoms. The quantitative estimate of drug-likeness (QED) is 0.314. The van der Waals surface area contributed by atoms with Gasteiger partial charge in [0, 0.05) is 6.54 Å². The van der Waals surface area contributed by atoms with Gasteiger partial charge in [0.1, 0.15) is 22.9 Å². The summed E-state index contributed by atoms with van der Waals surface area (Å²) >= 11 is 0. The summed E-state index contributed by atoms with van der Waals surface area (Å²) < 4.78 is 13.2. The van der Waals surface area contributed by atoms with Gasteiger partial charge in [-0.05, 0) is 99.3 Å². The van der Waals surface area contributed by atoms with Gasteiger partial charge in [-0.2, -0.15) is 0 Å². The van der Waals surface area contributed by atoms with E-state index >= 15 is 0 Å². The molecule has 0 saturated carbocycles. The van der Waals surface area contributed by atoms with Gasteiger partial charge in [-0.1, -0.05) is 36.4 Å². The Morgan fingerprint density at radius 3 is 2.10 bits per heavy atom. The highest BCUT2D eigenvalue weighted by atomic mass is 16.5. The van der Waals surface area contributed by atoms with E-state index in [-0.39, 0.29) is 5.92 Å². The lowest BCUT2D eigenvalue weighted by Gasteiger charge is -2.42. The van der Waals surface area contributed by atoms with E-state index in [4.69, 9.17) is 9.47 Å². The molecule has 41 heavy (non-hydrogen) atoms. The minimum Gasteiger partial charge on any atom is -0.497 e. The number of fused-ring (bicyclic) bond motifs is 3. The van der Waals surface area contributed by atoms with Gasteiger partial charge >= 0.3 is 0 Å². The second-order valence-corrected chi connectivity index (χ2v) is 11.1. The third-order valence-electron chi connectivity index (χ3n) is 8.79. The number of benzene rings is 3. The van der Waals surface area contributed by atoms with Crippen LogP contribution in [0.25, 0.3) is 5.69 Å². The van der Waals surface area contributed by atoms with Crippen LogP contribution in [0.15, 0.2) is 72.8 Å². The SMILES string of the molecule is COc1cccc(C(O)(c2cccc(OC)c2)C2CCN(CCCN3Cc4nnc(C)n4-c4ccccc43)CC2)c1. The summed E-state index contributed by atoms with van der Waals surface area (Å²) in [5.41, 5.74) is 2.97. The number of aliphatic hydroxyl groups is 1. The van der Waals surface area contributed by atoms with Gasteiger partial charge in [0.25, 0.3) is 0 Å². The number of likely N-dealkylation sites (tertiary alicyclic amines) is 1. The predicted octanol–water partition coefficient (Wildman–Crippen LogP) is 4.95. The van der Waals surface area contributed by atoms with Crippen LogP contribution in [0.2, 0.25) is 0 Å². The van der Waals surface area contributed by atoms with Crippen molar-refractivity contribution in [1.82, 2.24) is 19.7 Å². The van der Waals surface area contributed by atoms with Crippen molar-refractivity contribution in [2.24, 2.45) is 5.92 Å². The summed E-state index contributed by atoms with van der Waals surface area (Å²) in [5, 5.41) is 21.2. The zero-order valence-electron chi connectivity index (χ0n) is 24.2. The van der Waals surface area contributed by atoms with Crippen LogP contribution in [0.3, 0.4) is 0 Å². The van der Waals surface area contributed by atoms with Crippen molar-refractivity contribution < 1.29 is 14.6 Å². The number of anilines is 1. The molecule has 0 atom stereocenters. The molecule has 0 aliphatic carbocycles. The van der Waals surface area contributed by atoms with E-state index in [2.05, 4.69) is 48.8 Å². The first-order valence-corrected chi connectivity index (χ1v) is 14.5. The Morgan fingerprint density at radius 2 is 1.46 bits per heavy atom. The first-order valence-electron chi connectivity index (χ1n) is 14.5. The monoisotopic (exact) mass is 553 g/mol. The van der Waals surface area contributed by atoms with Crippen molar-refractivity contribution in [3.63, 3.8) is 0 Å². The average molecular weight is 554 g/mol. The molecular weight excluding hydrogens is 514 g/mol. The lowest BCUT2D eigenvalue weighted by Crippen LogP contribution is -2.45. The van der Waals surface area contributed by atoms with Gasteiger partial charge in [0.15, 0.2) is 5.82 Å². The normalized spacial score (nSPS) is 15.9. The molecule has 0 unspecified atom stereocenters. The lowest BCUT2D eigenvalue weighted by molar-refractivity contribution is -0.0144. The van der Waals surface area contributed by atoms with Gasteiger partial charge in [0.05, 0.1) is 32.1 Å². The number of rotatable bonds is 9. The van der Waals surface area contributed by atoms with Crippen LogP contribution in [0.5, 0.6) is 11.5 Å². The van der Waals surface area contributed by atoms with Crippen LogP contribution in [0.1, 0.15) is 42.0 Å². The molecule has 1 N–H and O–H groups in total. The topological polar surface area (TPSA) is 75.9 Å². The number of aryl methyl sites for hydroxylation is 1. The second kappa shape index (κ2) is 11.5. The molecule has 0 amide bonds. The van der Waals surface area contributed by atoms with Crippen molar-refractivity contribution >= 4 is 5.69 Å². The van der Waals surface area contributed by atoms with Crippen LogP contribution in [-0.2, 0) is 12.1 Å². The number of ether oxygens (including phenoxy) is 2. The minimum atomic E-state index is -1.14. The summed E-state index contributed by atoms with van der Waals surface area (Å²) in [5.74, 6) is 3.48. The van der Waals surface area contributed by atoms with E-state index in [0.29, 0.717) is 0 Å². The molecule has 0 spiro atoms. The Labute approximate surface area is 242 Å². The van der Waals surface area contributed by atoms with Gasteiger partial charge in [-0.3, -0.25) is 4.57 Å². The van der Waals surface area contributed by atoms with Crippen molar-refractivity contribution in [3.8, 4) is 17.2 Å². The molecule has 1 aromatic heterocycles. The third kappa shape index (κ3) is 5.18. The fourth-order valence-electron chi connectivity index (χ4n) is 6.62. The van der Waals surface area contributed by atoms with E-state index in [0.717, 1.165) is 91.9 Å². The number of hydrogen-bond donors (Lipinski definition) is 1. The molecule has 4 aromatic rings. The molecule has 2 aliphatic rings. The van der Waals surface area contributed by atoms with Crippen LogP contribution in [0, 0.1) is 12.8 Å². The molecule has 1 saturated heterocycles. The third-order valence-corrected chi connectivity index (χ3v) is 8.79. The number of piperidine rings is 1. The summed E-state index contributed by atoms with van der Waals surface area (Å²) in [6, 6.07) is 24.2. The first kappa shape index (κ1) is 27.3. The number of methoxy groups -OCH3 is 2. The number of para-hydroxylation sites is 2. The molecule has 0 radical (unpaired) electrons. The highest BCUT2D eigenvalue weighted by molar-refractivity contribution is 5.65. The number of hydrogen-bond acceptors (Lipinski definition) is 7. The maximum Gasteiger partial charge on any atom is 0.157 e. The van der Waals surface area contributed by atoms with E-state index in [1.165, 1.54) is 5.69 Å². The molecule has 6 rings (SSSR count). The van der Waals surface area contributed by atoms with Crippen molar-refractivity contribution in [3.05, 3.63) is 95.6 Å². The van der Waals surface area contributed by atoms with Crippen LogP contribution in [0.4, 0.5) is 5.69 Å². The zero-order valence-corrected chi connectivity index (χ0v) is 24.2. The second-order valence-electron chi connectivity index (χ2n) is 11.1. The average Bonchev–Trinajstić information content (AvgIpc) is 3.41. The molecule has 1 fully saturated rings. The van der Waals surface area contributed by atoms with Gasteiger partial charge < -0.3 is 24.4 Å². The highest BCUT2D eigenvalue weighted by Gasteiger charge is 2.42. The molecule has 0 bridgehead atoms. The maximum atomic E-state index is 12.5. The molecule has 214 valence electrons. The van der Waals surface area contributed by atoms with E-state index in [1.54, 1.807) is 14.2 Å². The fraction of sp³-hybridized carbons (Fsp3) is 0.394. The van der Waals surface area contributed by atoms with E-state index < -0.39 is 5.60 Å². The minimum absolute atomic E-state index is 0.0709. The number of aromatic nitrogens is 3. The van der Waals surface area contributed by atoms with Gasteiger partial charge in [-0.25, -0.2) is 0 Å². The molecular formula is C33H39N5O3. The van der Waals surface area contributed by atoms with Gasteiger partial charge in [0.2, 0.25) is 0 Å². The molecule has 3 aromatic carbocycles. The summed E-state index contributed by atoms with van der Waals surface area (Å²) in [7, 11) is 3.33. The fourth-order valence-corrected chi connectivity index (χ4v) is 6.62. The van der Waals surface area contributed by atoms with Gasteiger partial charge in [-0.15, -0.1) is 10.2 Å². The number of nitrogens with zero attached hydrogens (tertiary/aromatic N) is 5. The summed E-state index contributed by atoms with van der Waals surface area (Å²) in [6.45, 7) is 6.66. The molecule has 8 nitrogen and oxygen atoms in total. The standard InChI is InChI=1S/C33H39N5O3/c1-24-34-35-32-23-37(30-13-4-5-14-31(30)38(24)32)18-8-17-36-19-15-25(16-20-36)33(39,26-9-6-11-28(21-26)40-2)27-10-7-12-29(22-27)41-3/h4-7,9-14,21-22,25,39H,8,15-20,23H2,1-3H3. The Hall–Kier alpha value is -3.88. The Morgan fingerprint density at radius 1 is 0.829 bits per heavy atom. The molecule has 3 heterocycles. The lowest BCUT2D eigenvalue weighted by atomic mass is 9.72. The summed E-state index contributed by atoms with van der Waals surface area (Å²) in [6.07, 6.45) is 2.86. The summed E-state index contributed by atoms with van der Waals surface area (Å²) in [4.78, 5) is 4.96. The Balaban J connectivity index is 1.13. The van der Waals surface area contributed by atoms with Crippen LogP contribution < -0.4 is 14.4 Å². The smallest absolute Gasteiger partial charge is 0.157 e. The zero-order chi connectivity index (χ0) is 28.4. The predicted molar refractivity (Wildman–Crippen MR) is 160 cm³/mol. The Bertz CT molecular complexity index is 1450. The van der Waals surface area contributed by atoms with Crippen LogP contribution in [-0.4, -0.2) is 65.2 Å². The van der Waals surface area contributed by atoms with E-state index in [9.17, 15) is 5.11 Å². The van der Waals surface area contributed by atoms with Crippen molar-refractivity contribution in [2.45, 2.75) is 38.3 Å². The maximum absolute atomic E-state index is 12.5. The molecule has 2 aliphatic heterocycles. The Kier molecular flexibility index (Phi) is 7.69. The van der Waals surface area contributed by atoms with E-state index in [1.807, 2.05) is 55.5 Å². The van der Waals surface area contributed by atoms with Crippen molar-refractivity contribution in [2.75, 3.05) is 45.3 Å². The van der Waals surface area contributed by atoms with Crippen molar-refractivity contribution in [1.29, 1.82) is 0 Å². The largest absolute Gasteiger partial charge is 0.497 e. The van der Waals surface area contributed by atoms with Crippen LogP contribution >= 0.6 is 0 Å².